The van der Waals surface area contributed by atoms with Gasteiger partial charge in [0, 0.05) is 11.3 Å². The van der Waals surface area contributed by atoms with Gasteiger partial charge < -0.3 is 10.3 Å². The third-order valence-corrected chi connectivity index (χ3v) is 4.32. The number of nitrogens with one attached hydrogen (secondary N) is 2. The first-order valence-corrected chi connectivity index (χ1v) is 7.15. The van der Waals surface area contributed by atoms with Gasteiger partial charge in [0.2, 0.25) is 0 Å². The number of aromatic nitrogens is 3. The zero-order valence-electron chi connectivity index (χ0n) is 8.74. The monoisotopic (exact) mass is 360 g/mol. The Bertz CT molecular complexity index is 604. The largest absolute Gasteiger partial charge is 0.315 e. The lowest BCUT2D eigenvalue weighted by Gasteiger charge is -2.02. The predicted octanol–water partition coefficient (Wildman–Crippen LogP) is 2.45. The fourth-order valence-electron chi connectivity index (χ4n) is 1.48. The van der Waals surface area contributed by atoms with Crippen molar-refractivity contribution in [1.29, 1.82) is 0 Å². The number of thiazole rings is 1. The lowest BCUT2D eigenvalue weighted by molar-refractivity contribution is 1.05. The van der Waals surface area contributed by atoms with E-state index in [1.165, 1.54) is 19.2 Å². The van der Waals surface area contributed by atoms with E-state index in [1.807, 2.05) is 22.6 Å². The second-order valence-corrected chi connectivity index (χ2v) is 5.81. The summed E-state index contributed by atoms with van der Waals surface area (Å²) in [6.07, 6.45) is 3.87. The Balaban J connectivity index is 1.85. The Morgan fingerprint density at radius 1 is 1.53 bits per heavy atom. The van der Waals surface area contributed by atoms with E-state index in [2.05, 4.69) is 25.6 Å². The molecule has 1 saturated carbocycles. The summed E-state index contributed by atoms with van der Waals surface area (Å²) in [6, 6.07) is 0. The number of hydrogen-bond donors (Lipinski definition) is 2. The number of aromatic amines is 1. The van der Waals surface area contributed by atoms with Crippen molar-refractivity contribution in [3.05, 3.63) is 31.3 Å². The highest BCUT2D eigenvalue weighted by Crippen LogP contribution is 2.41. The minimum atomic E-state index is -0.137. The summed E-state index contributed by atoms with van der Waals surface area (Å²) in [5.74, 6) is 1.21. The molecule has 0 saturated heterocycles. The van der Waals surface area contributed by atoms with Crippen molar-refractivity contribution >= 4 is 44.9 Å². The van der Waals surface area contributed by atoms with Crippen LogP contribution in [0.1, 0.15) is 24.5 Å². The molecule has 88 valence electrons. The zero-order valence-corrected chi connectivity index (χ0v) is 11.7. The fraction of sp³-hybridized carbons (Fsp3) is 0.300. The third-order valence-electron chi connectivity index (χ3n) is 2.54. The van der Waals surface area contributed by atoms with Crippen molar-refractivity contribution in [3.63, 3.8) is 0 Å². The van der Waals surface area contributed by atoms with Gasteiger partial charge in [-0.15, -0.1) is 11.3 Å². The van der Waals surface area contributed by atoms with Crippen LogP contribution in [0.25, 0.3) is 0 Å². The lowest BCUT2D eigenvalue weighted by Crippen LogP contribution is -2.12. The summed E-state index contributed by atoms with van der Waals surface area (Å²) >= 11 is 3.52. The van der Waals surface area contributed by atoms with Gasteiger partial charge in [-0.3, -0.25) is 4.79 Å². The van der Waals surface area contributed by atoms with Crippen LogP contribution in [0.3, 0.4) is 0 Å². The number of hydrogen-bond acceptors (Lipinski definition) is 5. The Labute approximate surface area is 115 Å². The van der Waals surface area contributed by atoms with Crippen LogP contribution in [-0.4, -0.2) is 15.0 Å². The molecule has 0 unspecified atom stereocenters. The van der Waals surface area contributed by atoms with Gasteiger partial charge >= 0.3 is 0 Å². The minimum Gasteiger partial charge on any atom is -0.315 e. The number of nitrogens with zero attached hydrogens (tertiary/aromatic N) is 2. The van der Waals surface area contributed by atoms with E-state index in [0.717, 1.165) is 10.8 Å². The van der Waals surface area contributed by atoms with Gasteiger partial charge in [-0.05, 0) is 35.4 Å². The maximum atomic E-state index is 11.4. The number of halogens is 1. The second-order valence-electron chi connectivity index (χ2n) is 3.87. The molecule has 17 heavy (non-hydrogen) atoms. The first-order valence-electron chi connectivity index (χ1n) is 5.19. The molecule has 0 aliphatic heterocycles. The average Bonchev–Trinajstić information content (AvgIpc) is 3.06. The number of rotatable bonds is 3. The fourth-order valence-corrected chi connectivity index (χ4v) is 2.70. The van der Waals surface area contributed by atoms with Crippen molar-refractivity contribution < 1.29 is 0 Å². The topological polar surface area (TPSA) is 70.7 Å². The van der Waals surface area contributed by atoms with Crippen molar-refractivity contribution in [2.24, 2.45) is 0 Å². The van der Waals surface area contributed by atoms with Gasteiger partial charge in [-0.25, -0.2) is 9.97 Å². The van der Waals surface area contributed by atoms with E-state index in [9.17, 15) is 4.79 Å². The van der Waals surface area contributed by atoms with Gasteiger partial charge in [0.25, 0.3) is 5.56 Å². The molecule has 1 fully saturated rings. The molecule has 2 aromatic rings. The van der Waals surface area contributed by atoms with Crippen molar-refractivity contribution in [3.8, 4) is 0 Å². The van der Waals surface area contributed by atoms with Crippen LogP contribution < -0.4 is 10.9 Å². The second kappa shape index (κ2) is 4.37. The normalized spacial score (nSPS) is 14.9. The van der Waals surface area contributed by atoms with E-state index in [-0.39, 0.29) is 5.56 Å². The van der Waals surface area contributed by atoms with Crippen molar-refractivity contribution in [2.45, 2.75) is 18.8 Å². The molecule has 0 radical (unpaired) electrons. The van der Waals surface area contributed by atoms with Crippen LogP contribution in [0.15, 0.2) is 16.5 Å². The zero-order chi connectivity index (χ0) is 11.8. The summed E-state index contributed by atoms with van der Waals surface area (Å²) in [7, 11) is 0. The molecule has 0 aromatic carbocycles. The van der Waals surface area contributed by atoms with Crippen LogP contribution in [-0.2, 0) is 0 Å². The summed E-state index contributed by atoms with van der Waals surface area (Å²) in [5.41, 5.74) is 1.01. The van der Waals surface area contributed by atoms with Crippen LogP contribution >= 0.6 is 33.9 Å². The van der Waals surface area contributed by atoms with Crippen LogP contribution in [0.5, 0.6) is 0 Å². The molecule has 0 amide bonds. The Morgan fingerprint density at radius 3 is 3.12 bits per heavy atom. The van der Waals surface area contributed by atoms with Crippen LogP contribution in [0, 0.1) is 3.57 Å². The van der Waals surface area contributed by atoms with E-state index < -0.39 is 0 Å². The van der Waals surface area contributed by atoms with Gasteiger partial charge in [-0.1, -0.05) is 0 Å². The highest BCUT2D eigenvalue weighted by atomic mass is 127. The number of anilines is 2. The standard InChI is InChI=1S/C10H9IN4OS/c11-7-8(12-4-13-9(7)16)15-10-14-6(3-17-10)5-1-2-5/h3-5H,1-2H2,(H2,12,13,14,15,16). The molecule has 5 nitrogen and oxygen atoms in total. The molecule has 1 aliphatic rings. The van der Waals surface area contributed by atoms with Crippen molar-refractivity contribution in [2.75, 3.05) is 5.32 Å². The maximum Gasteiger partial charge on any atom is 0.266 e. The highest BCUT2D eigenvalue weighted by Gasteiger charge is 2.26. The molecule has 2 aromatic heterocycles. The molecule has 1 aliphatic carbocycles. The molecule has 0 spiro atoms. The maximum absolute atomic E-state index is 11.4. The third kappa shape index (κ3) is 2.34. The molecule has 7 heteroatoms. The van der Waals surface area contributed by atoms with Crippen LogP contribution in [0.2, 0.25) is 0 Å². The van der Waals surface area contributed by atoms with Gasteiger partial charge in [-0.2, -0.15) is 0 Å². The van der Waals surface area contributed by atoms with Gasteiger partial charge in [0.15, 0.2) is 10.9 Å². The predicted molar refractivity (Wildman–Crippen MR) is 74.9 cm³/mol. The van der Waals surface area contributed by atoms with E-state index in [0.29, 0.717) is 15.3 Å². The van der Waals surface area contributed by atoms with Crippen LogP contribution in [0.4, 0.5) is 10.9 Å². The quantitative estimate of drug-likeness (QED) is 0.825. The number of H-pyrrole nitrogens is 1. The molecule has 2 heterocycles. The molecule has 0 bridgehead atoms. The summed E-state index contributed by atoms with van der Waals surface area (Å²) in [6.45, 7) is 0. The first-order chi connectivity index (χ1) is 8.24. The summed E-state index contributed by atoms with van der Waals surface area (Å²) in [4.78, 5) is 22.5. The van der Waals surface area contributed by atoms with Gasteiger partial charge in [0.05, 0.1) is 12.0 Å². The van der Waals surface area contributed by atoms with E-state index >= 15 is 0 Å². The molecule has 0 atom stereocenters. The lowest BCUT2D eigenvalue weighted by atomic mass is 10.3. The summed E-state index contributed by atoms with van der Waals surface area (Å²) in [5, 5.41) is 5.95. The Morgan fingerprint density at radius 2 is 2.35 bits per heavy atom. The molecular weight excluding hydrogens is 351 g/mol. The Kier molecular flexibility index (Phi) is 2.87. The Hall–Kier alpha value is -0.960. The first kappa shape index (κ1) is 11.1. The molecular formula is C10H9IN4OS. The SMILES string of the molecule is O=c1[nH]cnc(Nc2nc(C3CC3)cs2)c1I. The van der Waals surface area contributed by atoms with Crippen molar-refractivity contribution in [1.82, 2.24) is 15.0 Å². The van der Waals surface area contributed by atoms with Gasteiger partial charge in [0.1, 0.15) is 3.57 Å². The van der Waals surface area contributed by atoms with E-state index in [4.69, 9.17) is 0 Å². The molecule has 2 N–H and O–H groups in total. The summed E-state index contributed by atoms with van der Waals surface area (Å²) < 4.78 is 0.549. The molecule has 3 rings (SSSR count). The van der Waals surface area contributed by atoms with E-state index in [1.54, 1.807) is 11.3 Å². The minimum absolute atomic E-state index is 0.137. The average molecular weight is 360 g/mol. The highest BCUT2D eigenvalue weighted by molar-refractivity contribution is 14.1. The smallest absolute Gasteiger partial charge is 0.266 e.